The van der Waals surface area contributed by atoms with Gasteiger partial charge in [0.05, 0.1) is 25.9 Å². The van der Waals surface area contributed by atoms with Gasteiger partial charge in [-0.05, 0) is 12.8 Å². The summed E-state index contributed by atoms with van der Waals surface area (Å²) in [6.45, 7) is 2.79. The van der Waals surface area contributed by atoms with Gasteiger partial charge in [-0.3, -0.25) is 0 Å². The zero-order valence-electron chi connectivity index (χ0n) is 9.58. The number of hydrogen-bond acceptors (Lipinski definition) is 4. The van der Waals surface area contributed by atoms with Crippen molar-refractivity contribution in [1.29, 1.82) is 0 Å². The second-order valence-electron chi connectivity index (χ2n) is 4.02. The van der Waals surface area contributed by atoms with Crippen molar-refractivity contribution in [1.82, 2.24) is 5.32 Å². The molecule has 0 aromatic heterocycles. The van der Waals surface area contributed by atoms with Gasteiger partial charge in [0.25, 0.3) is 0 Å². The Kier molecular flexibility index (Phi) is 6.92. The van der Waals surface area contributed by atoms with Gasteiger partial charge in [-0.2, -0.15) is 0 Å². The van der Waals surface area contributed by atoms with E-state index in [1.54, 1.807) is 7.11 Å². The SMILES string of the molecule is COCCOCCNC1CCCCC1O. The maximum atomic E-state index is 9.69. The van der Waals surface area contributed by atoms with Crippen LogP contribution in [0.5, 0.6) is 0 Å². The van der Waals surface area contributed by atoms with Gasteiger partial charge in [0, 0.05) is 19.7 Å². The Hall–Kier alpha value is -0.160. The van der Waals surface area contributed by atoms with Crippen molar-refractivity contribution >= 4 is 0 Å². The quantitative estimate of drug-likeness (QED) is 0.611. The predicted molar refractivity (Wildman–Crippen MR) is 59.0 cm³/mol. The van der Waals surface area contributed by atoms with E-state index in [-0.39, 0.29) is 12.1 Å². The van der Waals surface area contributed by atoms with Crippen LogP contribution < -0.4 is 5.32 Å². The Morgan fingerprint density at radius 1 is 1.20 bits per heavy atom. The van der Waals surface area contributed by atoms with E-state index in [0.717, 1.165) is 25.8 Å². The monoisotopic (exact) mass is 217 g/mol. The van der Waals surface area contributed by atoms with E-state index >= 15 is 0 Å². The third-order valence-electron chi connectivity index (χ3n) is 2.81. The first kappa shape index (κ1) is 12.9. The number of hydrogen-bond donors (Lipinski definition) is 2. The maximum Gasteiger partial charge on any atom is 0.0700 e. The molecule has 1 rings (SSSR count). The van der Waals surface area contributed by atoms with Gasteiger partial charge in [0.2, 0.25) is 0 Å². The molecule has 0 radical (unpaired) electrons. The molecule has 0 saturated heterocycles. The molecule has 0 spiro atoms. The number of aliphatic hydroxyl groups excluding tert-OH is 1. The smallest absolute Gasteiger partial charge is 0.0700 e. The first-order valence-electron chi connectivity index (χ1n) is 5.82. The van der Waals surface area contributed by atoms with Crippen LogP contribution in [0, 0.1) is 0 Å². The Labute approximate surface area is 92.0 Å². The zero-order chi connectivity index (χ0) is 10.9. The van der Waals surface area contributed by atoms with Crippen molar-refractivity contribution in [2.75, 3.05) is 33.5 Å². The molecular weight excluding hydrogens is 194 g/mol. The van der Waals surface area contributed by atoms with Crippen LogP contribution in [0.15, 0.2) is 0 Å². The normalized spacial score (nSPS) is 26.8. The summed E-state index contributed by atoms with van der Waals surface area (Å²) >= 11 is 0. The standard InChI is InChI=1S/C11H23NO3/c1-14-8-9-15-7-6-12-10-4-2-3-5-11(10)13/h10-13H,2-9H2,1H3. The fraction of sp³-hybridized carbons (Fsp3) is 1.00. The number of aliphatic hydroxyl groups is 1. The molecule has 0 aliphatic heterocycles. The fourth-order valence-corrected chi connectivity index (χ4v) is 1.91. The molecule has 15 heavy (non-hydrogen) atoms. The van der Waals surface area contributed by atoms with Crippen LogP contribution in [0.4, 0.5) is 0 Å². The van der Waals surface area contributed by atoms with Crippen LogP contribution in [0.2, 0.25) is 0 Å². The molecule has 1 aliphatic rings. The van der Waals surface area contributed by atoms with E-state index < -0.39 is 0 Å². The second-order valence-corrected chi connectivity index (χ2v) is 4.02. The zero-order valence-corrected chi connectivity index (χ0v) is 9.58. The third-order valence-corrected chi connectivity index (χ3v) is 2.81. The summed E-state index contributed by atoms with van der Waals surface area (Å²) in [5, 5.41) is 13.0. The number of nitrogens with one attached hydrogen (secondary N) is 1. The number of rotatable bonds is 7. The molecule has 1 fully saturated rings. The summed E-state index contributed by atoms with van der Waals surface area (Å²) < 4.78 is 10.2. The molecule has 0 bridgehead atoms. The molecule has 4 heteroatoms. The molecule has 0 heterocycles. The highest BCUT2D eigenvalue weighted by Crippen LogP contribution is 2.17. The van der Waals surface area contributed by atoms with Crippen molar-refractivity contribution in [3.05, 3.63) is 0 Å². The van der Waals surface area contributed by atoms with Gasteiger partial charge in [0.15, 0.2) is 0 Å². The molecule has 2 unspecified atom stereocenters. The van der Waals surface area contributed by atoms with Crippen molar-refractivity contribution < 1.29 is 14.6 Å². The van der Waals surface area contributed by atoms with Crippen LogP contribution in [0.25, 0.3) is 0 Å². The Morgan fingerprint density at radius 3 is 2.73 bits per heavy atom. The van der Waals surface area contributed by atoms with Gasteiger partial charge in [-0.15, -0.1) is 0 Å². The van der Waals surface area contributed by atoms with E-state index in [1.807, 2.05) is 0 Å². The summed E-state index contributed by atoms with van der Waals surface area (Å²) in [6.07, 6.45) is 4.22. The molecule has 4 nitrogen and oxygen atoms in total. The van der Waals surface area contributed by atoms with Crippen LogP contribution in [-0.2, 0) is 9.47 Å². The van der Waals surface area contributed by atoms with Crippen molar-refractivity contribution in [2.45, 2.75) is 37.8 Å². The molecule has 0 amide bonds. The van der Waals surface area contributed by atoms with Crippen LogP contribution in [0.3, 0.4) is 0 Å². The molecule has 0 aromatic rings. The molecule has 1 aliphatic carbocycles. The third kappa shape index (κ3) is 5.47. The largest absolute Gasteiger partial charge is 0.392 e. The van der Waals surface area contributed by atoms with E-state index in [9.17, 15) is 5.11 Å². The fourth-order valence-electron chi connectivity index (χ4n) is 1.91. The van der Waals surface area contributed by atoms with Crippen LogP contribution in [-0.4, -0.2) is 50.7 Å². The van der Waals surface area contributed by atoms with Gasteiger partial charge in [-0.1, -0.05) is 12.8 Å². The first-order valence-corrected chi connectivity index (χ1v) is 5.82. The van der Waals surface area contributed by atoms with E-state index in [0.29, 0.717) is 19.8 Å². The second kappa shape index (κ2) is 8.05. The lowest BCUT2D eigenvalue weighted by Crippen LogP contribution is -2.43. The summed E-state index contributed by atoms with van der Waals surface area (Å²) in [5.74, 6) is 0. The lowest BCUT2D eigenvalue weighted by Gasteiger charge is -2.28. The number of ether oxygens (including phenoxy) is 2. The Bertz CT molecular complexity index is 155. The topological polar surface area (TPSA) is 50.7 Å². The molecule has 0 aromatic carbocycles. The Balaban J connectivity index is 1.94. The lowest BCUT2D eigenvalue weighted by atomic mass is 9.93. The molecule has 2 N–H and O–H groups in total. The molecule has 1 saturated carbocycles. The van der Waals surface area contributed by atoms with Gasteiger partial charge < -0.3 is 19.9 Å². The molecular formula is C11H23NO3. The van der Waals surface area contributed by atoms with Gasteiger partial charge in [0.1, 0.15) is 0 Å². The maximum absolute atomic E-state index is 9.69. The summed E-state index contributed by atoms with van der Waals surface area (Å²) in [6, 6.07) is 0.268. The van der Waals surface area contributed by atoms with E-state index in [4.69, 9.17) is 9.47 Å². The first-order chi connectivity index (χ1) is 7.34. The van der Waals surface area contributed by atoms with Crippen LogP contribution >= 0.6 is 0 Å². The van der Waals surface area contributed by atoms with Crippen molar-refractivity contribution in [2.24, 2.45) is 0 Å². The molecule has 90 valence electrons. The summed E-state index contributed by atoms with van der Waals surface area (Å²) in [4.78, 5) is 0. The minimum absolute atomic E-state index is 0.169. The number of methoxy groups -OCH3 is 1. The minimum atomic E-state index is -0.169. The van der Waals surface area contributed by atoms with E-state index in [1.165, 1.54) is 6.42 Å². The predicted octanol–water partition coefficient (Wildman–Crippen LogP) is 0.542. The van der Waals surface area contributed by atoms with Gasteiger partial charge in [-0.25, -0.2) is 0 Å². The van der Waals surface area contributed by atoms with E-state index in [2.05, 4.69) is 5.32 Å². The average Bonchev–Trinajstić information content (AvgIpc) is 2.25. The van der Waals surface area contributed by atoms with Gasteiger partial charge >= 0.3 is 0 Å². The molecule has 2 atom stereocenters. The minimum Gasteiger partial charge on any atom is -0.392 e. The highest BCUT2D eigenvalue weighted by molar-refractivity contribution is 4.79. The van der Waals surface area contributed by atoms with Crippen LogP contribution in [0.1, 0.15) is 25.7 Å². The lowest BCUT2D eigenvalue weighted by molar-refractivity contribution is 0.0598. The highest BCUT2D eigenvalue weighted by Gasteiger charge is 2.21. The summed E-state index contributed by atoms with van der Waals surface area (Å²) in [7, 11) is 1.67. The highest BCUT2D eigenvalue weighted by atomic mass is 16.5. The van der Waals surface area contributed by atoms with Crippen molar-refractivity contribution in [3.8, 4) is 0 Å². The Morgan fingerprint density at radius 2 is 2.00 bits per heavy atom. The average molecular weight is 217 g/mol. The summed E-state index contributed by atoms with van der Waals surface area (Å²) in [5.41, 5.74) is 0. The van der Waals surface area contributed by atoms with Crippen molar-refractivity contribution in [3.63, 3.8) is 0 Å².